The number of esters is 1. The number of sulfonamides is 1. The number of ether oxygens (including phenoxy) is 1. The summed E-state index contributed by atoms with van der Waals surface area (Å²) in [7, 11) is -3.65. The predicted molar refractivity (Wildman–Crippen MR) is 119 cm³/mol. The number of carbonyl (C=O) groups excluding carboxylic acids is 2. The summed E-state index contributed by atoms with van der Waals surface area (Å²) < 4.78 is 32.9. The Morgan fingerprint density at radius 3 is 2.12 bits per heavy atom. The van der Waals surface area contributed by atoms with E-state index in [1.807, 2.05) is 16.9 Å². The second kappa shape index (κ2) is 8.99. The fourth-order valence-corrected chi connectivity index (χ4v) is 7.11. The lowest BCUT2D eigenvalue weighted by Gasteiger charge is -2.28. The van der Waals surface area contributed by atoms with E-state index in [-0.39, 0.29) is 0 Å². The molecule has 1 aliphatic carbocycles. The van der Waals surface area contributed by atoms with E-state index in [0.29, 0.717) is 18.6 Å². The van der Waals surface area contributed by atoms with Crippen molar-refractivity contribution >= 4 is 89.7 Å². The van der Waals surface area contributed by atoms with E-state index in [9.17, 15) is 18.0 Å². The maximum Gasteiger partial charge on any atom is 0.315 e. The molecule has 0 heterocycles. The highest BCUT2D eigenvalue weighted by Crippen LogP contribution is 2.34. The van der Waals surface area contributed by atoms with Crippen LogP contribution in [0, 0.1) is 22.5 Å². The molecule has 2 unspecified atom stereocenters. The van der Waals surface area contributed by atoms with Crippen molar-refractivity contribution in [3.63, 3.8) is 0 Å². The topological polar surface area (TPSA) is 89.5 Å². The summed E-state index contributed by atoms with van der Waals surface area (Å²) in [6, 6.07) is 3.81. The van der Waals surface area contributed by atoms with Crippen molar-refractivity contribution in [2.45, 2.75) is 25.7 Å². The Labute approximate surface area is 187 Å². The van der Waals surface area contributed by atoms with E-state index >= 15 is 0 Å². The Bertz CT molecular complexity index is 773. The summed E-state index contributed by atoms with van der Waals surface area (Å²) in [4.78, 5) is 24.9. The van der Waals surface area contributed by atoms with Crippen LogP contribution in [-0.2, 0) is 19.6 Å². The van der Waals surface area contributed by atoms with Crippen LogP contribution in [0.4, 0.5) is 0 Å². The average molecular weight is 703 g/mol. The second-order valence-electron chi connectivity index (χ2n) is 5.86. The fourth-order valence-electron chi connectivity index (χ4n) is 2.79. The van der Waals surface area contributed by atoms with Crippen LogP contribution in [0.3, 0.4) is 0 Å². The quantitative estimate of drug-likeness (QED) is 0.296. The number of benzene rings is 1. The third kappa shape index (κ3) is 6.16. The van der Waals surface area contributed by atoms with Crippen molar-refractivity contribution in [1.82, 2.24) is 4.72 Å². The largest absolute Gasteiger partial charge is 0.424 e. The summed E-state index contributed by atoms with van der Waals surface area (Å²) in [6.45, 7) is 0. The number of hydrogen-bond donors (Lipinski definition) is 1. The Kier molecular flexibility index (Phi) is 7.77. The maximum absolute atomic E-state index is 12.7. The molecule has 1 aromatic carbocycles. The third-order valence-corrected chi connectivity index (χ3v) is 6.65. The van der Waals surface area contributed by atoms with Gasteiger partial charge in [0.2, 0.25) is 15.9 Å². The third-order valence-electron chi connectivity index (χ3n) is 3.86. The lowest BCUT2D eigenvalue weighted by Crippen LogP contribution is -2.43. The van der Waals surface area contributed by atoms with Gasteiger partial charge in [-0.05, 0) is 92.7 Å². The first-order valence-electron chi connectivity index (χ1n) is 7.46. The van der Waals surface area contributed by atoms with E-state index in [0.717, 1.165) is 29.8 Å². The number of nitrogens with one attached hydrogen (secondary N) is 1. The van der Waals surface area contributed by atoms with Crippen LogP contribution in [0.25, 0.3) is 0 Å². The maximum atomic E-state index is 12.7. The number of hydrogen-bond acceptors (Lipinski definition) is 5. The summed E-state index contributed by atoms with van der Waals surface area (Å²) in [5.41, 5.74) is 0. The average Bonchev–Trinajstić information content (AvgIpc) is 2.49. The summed E-state index contributed by atoms with van der Waals surface area (Å²) >= 11 is 6.40. The molecule has 0 radical (unpaired) electrons. The van der Waals surface area contributed by atoms with E-state index in [2.05, 4.69) is 67.8 Å². The summed E-state index contributed by atoms with van der Waals surface area (Å²) in [5, 5.41) is 0. The minimum Gasteiger partial charge on any atom is -0.424 e. The lowest BCUT2D eigenvalue weighted by atomic mass is 9.79. The number of amides is 1. The Morgan fingerprint density at radius 1 is 1.08 bits per heavy atom. The second-order valence-corrected chi connectivity index (χ2v) is 11.2. The van der Waals surface area contributed by atoms with Gasteiger partial charge in [0.15, 0.2) is 5.75 Å². The molecule has 1 aliphatic rings. The highest BCUT2D eigenvalue weighted by Gasteiger charge is 2.38. The van der Waals surface area contributed by atoms with E-state index in [1.54, 1.807) is 0 Å². The smallest absolute Gasteiger partial charge is 0.315 e. The standard InChI is InChI=1S/C15H16I3NO5S/c1-25(22,23)19-14(20)9-4-2-3-5-10(9)15(21)24-13-11(17)6-8(16)7-12(13)18/h6-7,9-10H,2-5H2,1H3,(H,19,20). The Hall–Kier alpha value is 0.300. The van der Waals surface area contributed by atoms with Crippen LogP contribution in [-0.4, -0.2) is 26.6 Å². The van der Waals surface area contributed by atoms with Crippen molar-refractivity contribution in [1.29, 1.82) is 0 Å². The fraction of sp³-hybridized carbons (Fsp3) is 0.467. The first-order valence-corrected chi connectivity index (χ1v) is 12.6. The molecule has 0 spiro atoms. The van der Waals surface area contributed by atoms with Crippen molar-refractivity contribution in [2.24, 2.45) is 11.8 Å². The zero-order chi connectivity index (χ0) is 18.8. The molecule has 10 heteroatoms. The molecule has 1 amide bonds. The van der Waals surface area contributed by atoms with Crippen molar-refractivity contribution < 1.29 is 22.7 Å². The van der Waals surface area contributed by atoms with Gasteiger partial charge in [-0.15, -0.1) is 0 Å². The molecule has 25 heavy (non-hydrogen) atoms. The van der Waals surface area contributed by atoms with E-state index in [4.69, 9.17) is 4.74 Å². The molecule has 2 rings (SSSR count). The molecular formula is C15H16I3NO5S. The lowest BCUT2D eigenvalue weighted by molar-refractivity contribution is -0.146. The van der Waals surface area contributed by atoms with Gasteiger partial charge < -0.3 is 4.74 Å². The van der Waals surface area contributed by atoms with Crippen molar-refractivity contribution in [3.8, 4) is 5.75 Å². The highest BCUT2D eigenvalue weighted by atomic mass is 127. The van der Waals surface area contributed by atoms with Gasteiger partial charge in [0.05, 0.1) is 25.2 Å². The first kappa shape index (κ1) is 21.6. The molecule has 1 aromatic rings. The van der Waals surface area contributed by atoms with Gasteiger partial charge in [-0.1, -0.05) is 12.8 Å². The molecule has 138 valence electrons. The normalized spacial score (nSPS) is 20.8. The minimum absolute atomic E-state index is 0.474. The molecule has 0 aliphatic heterocycles. The van der Waals surface area contributed by atoms with Gasteiger partial charge in [-0.3, -0.25) is 14.3 Å². The van der Waals surface area contributed by atoms with Gasteiger partial charge in [0, 0.05) is 3.57 Å². The number of rotatable bonds is 4. The Balaban J connectivity index is 2.20. The van der Waals surface area contributed by atoms with Crippen LogP contribution in [0.5, 0.6) is 5.75 Å². The molecule has 0 aromatic heterocycles. The molecule has 0 bridgehead atoms. The van der Waals surface area contributed by atoms with Crippen LogP contribution >= 0.6 is 67.8 Å². The zero-order valence-corrected chi connectivity index (χ0v) is 20.5. The minimum atomic E-state index is -3.65. The summed E-state index contributed by atoms with van der Waals surface area (Å²) in [5.74, 6) is -1.95. The van der Waals surface area contributed by atoms with Gasteiger partial charge >= 0.3 is 5.97 Å². The molecule has 2 atom stereocenters. The van der Waals surface area contributed by atoms with Gasteiger partial charge in [0.1, 0.15) is 0 Å². The monoisotopic (exact) mass is 703 g/mol. The first-order chi connectivity index (χ1) is 11.6. The Morgan fingerprint density at radius 2 is 1.60 bits per heavy atom. The molecule has 1 fully saturated rings. The molecule has 1 saturated carbocycles. The van der Waals surface area contributed by atoms with Crippen LogP contribution < -0.4 is 9.46 Å². The van der Waals surface area contributed by atoms with Crippen LogP contribution in [0.15, 0.2) is 12.1 Å². The SMILES string of the molecule is CS(=O)(=O)NC(=O)C1CCCCC1C(=O)Oc1c(I)cc(I)cc1I. The number of halogens is 3. The molecule has 0 saturated heterocycles. The zero-order valence-electron chi connectivity index (χ0n) is 13.2. The highest BCUT2D eigenvalue weighted by molar-refractivity contribution is 14.1. The molecule has 6 nitrogen and oxygen atoms in total. The van der Waals surface area contributed by atoms with Gasteiger partial charge in [0.25, 0.3) is 0 Å². The number of carbonyl (C=O) groups is 2. The van der Waals surface area contributed by atoms with Crippen LogP contribution in [0.2, 0.25) is 0 Å². The van der Waals surface area contributed by atoms with Crippen LogP contribution in [0.1, 0.15) is 25.7 Å². The predicted octanol–water partition coefficient (Wildman–Crippen LogP) is 3.29. The molecular weight excluding hydrogens is 687 g/mol. The van der Waals surface area contributed by atoms with E-state index in [1.165, 1.54) is 0 Å². The van der Waals surface area contributed by atoms with E-state index < -0.39 is 33.7 Å². The summed E-state index contributed by atoms with van der Waals surface area (Å²) in [6.07, 6.45) is 3.51. The van der Waals surface area contributed by atoms with Gasteiger partial charge in [-0.2, -0.15) is 0 Å². The van der Waals surface area contributed by atoms with Gasteiger partial charge in [-0.25, -0.2) is 8.42 Å². The van der Waals surface area contributed by atoms with Crippen molar-refractivity contribution in [3.05, 3.63) is 22.8 Å². The van der Waals surface area contributed by atoms with Crippen molar-refractivity contribution in [2.75, 3.05) is 6.26 Å². The molecule has 1 N–H and O–H groups in total.